The van der Waals surface area contributed by atoms with E-state index >= 15 is 0 Å². The van der Waals surface area contributed by atoms with E-state index in [9.17, 15) is 14.0 Å². The fraction of sp³-hybridized carbons (Fsp3) is 0.286. The molecule has 0 unspecified atom stereocenters. The summed E-state index contributed by atoms with van der Waals surface area (Å²) in [5.74, 6) is -1.08. The van der Waals surface area contributed by atoms with E-state index in [-0.39, 0.29) is 16.5 Å². The number of aromatic amines is 1. The predicted octanol–water partition coefficient (Wildman–Crippen LogP) is 2.37. The van der Waals surface area contributed by atoms with Crippen LogP contribution >= 0.6 is 0 Å². The van der Waals surface area contributed by atoms with Gasteiger partial charge in [0.15, 0.2) is 0 Å². The summed E-state index contributed by atoms with van der Waals surface area (Å²) in [6.45, 7) is 4.60. The number of nitrogens with zero attached hydrogens (tertiary/aromatic N) is 1. The molecule has 0 radical (unpaired) electrons. The molecule has 0 saturated carbocycles. The highest BCUT2D eigenvalue weighted by Crippen LogP contribution is 2.19. The minimum absolute atomic E-state index is 0.0287. The standard InChI is InChI=1S/C21H23FN4O2/c1-21(2,11-23)12-24-19(27)16-9-13(7-8-17(16)22)10-18-14-5-3-4-6-15(14)20(28)26-25-18/h3-9H,10-12,23H2,1-2H3,(H,24,27)(H,26,28). The van der Waals surface area contributed by atoms with Gasteiger partial charge in [-0.2, -0.15) is 5.10 Å². The number of nitrogens with one attached hydrogen (secondary N) is 2. The van der Waals surface area contributed by atoms with Gasteiger partial charge >= 0.3 is 0 Å². The molecule has 0 bridgehead atoms. The minimum atomic E-state index is -0.592. The van der Waals surface area contributed by atoms with Crippen molar-refractivity contribution in [3.63, 3.8) is 0 Å². The molecule has 146 valence electrons. The first-order chi connectivity index (χ1) is 13.3. The van der Waals surface area contributed by atoms with Crippen molar-refractivity contribution in [2.45, 2.75) is 20.3 Å². The second-order valence-electron chi connectivity index (χ2n) is 7.59. The van der Waals surface area contributed by atoms with Crippen molar-refractivity contribution >= 4 is 16.7 Å². The van der Waals surface area contributed by atoms with Crippen LogP contribution in [0.4, 0.5) is 4.39 Å². The lowest BCUT2D eigenvalue weighted by Crippen LogP contribution is -2.38. The average Bonchev–Trinajstić information content (AvgIpc) is 2.70. The molecule has 0 atom stereocenters. The molecule has 2 aromatic carbocycles. The highest BCUT2D eigenvalue weighted by Gasteiger charge is 2.19. The Balaban J connectivity index is 1.87. The average molecular weight is 382 g/mol. The maximum absolute atomic E-state index is 14.2. The van der Waals surface area contributed by atoms with Crippen molar-refractivity contribution < 1.29 is 9.18 Å². The first-order valence-electron chi connectivity index (χ1n) is 9.04. The van der Waals surface area contributed by atoms with Crippen molar-refractivity contribution in [1.29, 1.82) is 0 Å². The second-order valence-corrected chi connectivity index (χ2v) is 7.59. The third-order valence-electron chi connectivity index (χ3n) is 4.70. The monoisotopic (exact) mass is 382 g/mol. The first kappa shape index (κ1) is 19.7. The number of nitrogens with two attached hydrogens (primary N) is 1. The Kier molecular flexibility index (Phi) is 5.56. The van der Waals surface area contributed by atoms with Gasteiger partial charge in [-0.15, -0.1) is 0 Å². The molecule has 1 amide bonds. The van der Waals surface area contributed by atoms with Crippen LogP contribution in [0.2, 0.25) is 0 Å². The van der Waals surface area contributed by atoms with Gasteiger partial charge in [-0.25, -0.2) is 9.49 Å². The summed E-state index contributed by atoms with van der Waals surface area (Å²) in [6, 6.07) is 11.5. The number of carbonyl (C=O) groups is 1. The van der Waals surface area contributed by atoms with Crippen LogP contribution in [0, 0.1) is 11.2 Å². The molecule has 3 rings (SSSR count). The van der Waals surface area contributed by atoms with Crippen LogP contribution in [-0.2, 0) is 6.42 Å². The summed E-state index contributed by atoms with van der Waals surface area (Å²) < 4.78 is 14.2. The molecule has 28 heavy (non-hydrogen) atoms. The van der Waals surface area contributed by atoms with Crippen molar-refractivity contribution in [2.75, 3.05) is 13.1 Å². The molecule has 0 spiro atoms. The third kappa shape index (κ3) is 4.26. The van der Waals surface area contributed by atoms with Crippen molar-refractivity contribution in [3.05, 3.63) is 75.5 Å². The van der Waals surface area contributed by atoms with Crippen molar-refractivity contribution in [1.82, 2.24) is 15.5 Å². The van der Waals surface area contributed by atoms with Crippen molar-refractivity contribution in [2.24, 2.45) is 11.1 Å². The van der Waals surface area contributed by atoms with E-state index in [0.29, 0.717) is 36.2 Å². The summed E-state index contributed by atoms with van der Waals surface area (Å²) in [5, 5.41) is 10.6. The van der Waals surface area contributed by atoms with Gasteiger partial charge in [0, 0.05) is 18.4 Å². The fourth-order valence-electron chi connectivity index (χ4n) is 2.84. The molecule has 0 fully saturated rings. The van der Waals surface area contributed by atoms with Gasteiger partial charge in [0.25, 0.3) is 11.5 Å². The van der Waals surface area contributed by atoms with E-state index in [1.165, 1.54) is 12.1 Å². The molecule has 3 aromatic rings. The highest BCUT2D eigenvalue weighted by atomic mass is 19.1. The minimum Gasteiger partial charge on any atom is -0.351 e. The Labute approximate surface area is 162 Å². The summed E-state index contributed by atoms with van der Waals surface area (Å²) in [4.78, 5) is 24.4. The van der Waals surface area contributed by atoms with Gasteiger partial charge in [0.1, 0.15) is 5.82 Å². The number of hydrogen-bond acceptors (Lipinski definition) is 4. The largest absolute Gasteiger partial charge is 0.351 e. The number of halogens is 1. The van der Waals surface area contributed by atoms with E-state index < -0.39 is 11.7 Å². The Bertz CT molecular complexity index is 1080. The lowest BCUT2D eigenvalue weighted by Gasteiger charge is -2.22. The van der Waals surface area contributed by atoms with Gasteiger partial charge in [-0.05, 0) is 35.7 Å². The normalized spacial score (nSPS) is 11.6. The predicted molar refractivity (Wildman–Crippen MR) is 107 cm³/mol. The van der Waals surface area contributed by atoms with E-state index in [1.807, 2.05) is 26.0 Å². The summed E-state index contributed by atoms with van der Waals surface area (Å²) in [7, 11) is 0. The zero-order chi connectivity index (χ0) is 20.3. The van der Waals surface area contributed by atoms with Gasteiger partial charge in [0.2, 0.25) is 0 Å². The van der Waals surface area contributed by atoms with Crippen LogP contribution in [-0.4, -0.2) is 29.2 Å². The smallest absolute Gasteiger partial charge is 0.272 e. The first-order valence-corrected chi connectivity index (χ1v) is 9.04. The quantitative estimate of drug-likeness (QED) is 0.609. The number of H-pyrrole nitrogens is 1. The molecule has 0 aliphatic rings. The van der Waals surface area contributed by atoms with Crippen LogP contribution in [0.15, 0.2) is 47.3 Å². The van der Waals surface area contributed by atoms with Crippen LogP contribution in [0.25, 0.3) is 10.8 Å². The third-order valence-corrected chi connectivity index (χ3v) is 4.70. The topological polar surface area (TPSA) is 101 Å². The molecule has 7 heteroatoms. The lowest BCUT2D eigenvalue weighted by atomic mass is 9.94. The van der Waals surface area contributed by atoms with Gasteiger partial charge in [-0.3, -0.25) is 9.59 Å². The molecule has 6 nitrogen and oxygen atoms in total. The van der Waals surface area contributed by atoms with Crippen LogP contribution in [0.1, 0.15) is 35.5 Å². The van der Waals surface area contributed by atoms with Gasteiger partial charge in [-0.1, -0.05) is 38.1 Å². The van der Waals surface area contributed by atoms with Crippen LogP contribution < -0.4 is 16.6 Å². The number of fused-ring (bicyclic) bond motifs is 1. The molecular formula is C21H23FN4O2. The summed E-state index contributed by atoms with van der Waals surface area (Å²) in [6.07, 6.45) is 0.353. The highest BCUT2D eigenvalue weighted by molar-refractivity contribution is 5.94. The van der Waals surface area contributed by atoms with Crippen LogP contribution in [0.3, 0.4) is 0 Å². The fourth-order valence-corrected chi connectivity index (χ4v) is 2.84. The Morgan fingerprint density at radius 3 is 2.64 bits per heavy atom. The van der Waals surface area contributed by atoms with Crippen molar-refractivity contribution in [3.8, 4) is 0 Å². The maximum atomic E-state index is 14.2. The second kappa shape index (κ2) is 7.90. The zero-order valence-electron chi connectivity index (χ0n) is 15.9. The molecule has 0 aliphatic carbocycles. The number of amides is 1. The number of carbonyl (C=O) groups excluding carboxylic acids is 1. The zero-order valence-corrected chi connectivity index (χ0v) is 15.9. The van der Waals surface area contributed by atoms with E-state index in [4.69, 9.17) is 5.73 Å². The molecule has 1 aromatic heterocycles. The molecule has 0 aliphatic heterocycles. The number of hydrogen-bond donors (Lipinski definition) is 3. The summed E-state index contributed by atoms with van der Waals surface area (Å²) in [5.41, 5.74) is 6.47. The molecule has 1 heterocycles. The molecular weight excluding hydrogens is 359 g/mol. The Morgan fingerprint density at radius 1 is 1.21 bits per heavy atom. The van der Waals surface area contributed by atoms with Gasteiger partial charge < -0.3 is 11.1 Å². The maximum Gasteiger partial charge on any atom is 0.272 e. The van der Waals surface area contributed by atoms with E-state index in [1.54, 1.807) is 18.2 Å². The molecule has 4 N–H and O–H groups in total. The number of aromatic nitrogens is 2. The van der Waals surface area contributed by atoms with E-state index in [2.05, 4.69) is 15.5 Å². The lowest BCUT2D eigenvalue weighted by molar-refractivity contribution is 0.0933. The van der Waals surface area contributed by atoms with E-state index in [0.717, 1.165) is 5.39 Å². The number of benzene rings is 2. The Hall–Kier alpha value is -3.06. The van der Waals surface area contributed by atoms with Gasteiger partial charge in [0.05, 0.1) is 16.6 Å². The molecule has 0 saturated heterocycles. The summed E-state index contributed by atoms with van der Waals surface area (Å²) >= 11 is 0. The Morgan fingerprint density at radius 2 is 1.93 bits per heavy atom. The number of rotatable bonds is 6. The SMILES string of the molecule is CC(C)(CN)CNC(=O)c1cc(Cc2n[nH]c(=O)c3ccccc23)ccc1F. The van der Waals surface area contributed by atoms with Crippen LogP contribution in [0.5, 0.6) is 0 Å².